The minimum atomic E-state index is -0.361. The van der Waals surface area contributed by atoms with Crippen LogP contribution in [0.15, 0.2) is 23.6 Å². The van der Waals surface area contributed by atoms with Gasteiger partial charge in [-0.25, -0.2) is 4.98 Å². The summed E-state index contributed by atoms with van der Waals surface area (Å²) in [5.41, 5.74) is 2.03. The number of hydrogen-bond donors (Lipinski definition) is 2. The summed E-state index contributed by atoms with van der Waals surface area (Å²) in [4.78, 5) is 28.7. The van der Waals surface area contributed by atoms with Crippen molar-refractivity contribution in [3.63, 3.8) is 0 Å². The van der Waals surface area contributed by atoms with Gasteiger partial charge < -0.3 is 24.7 Å². The van der Waals surface area contributed by atoms with Gasteiger partial charge in [0.05, 0.1) is 32.0 Å². The van der Waals surface area contributed by atoms with E-state index in [1.807, 2.05) is 18.4 Å². The molecule has 0 spiro atoms. The highest BCUT2D eigenvalue weighted by Gasteiger charge is 2.18. The molecule has 2 heterocycles. The van der Waals surface area contributed by atoms with Crippen LogP contribution < -0.4 is 20.1 Å². The number of rotatable bonds is 6. The summed E-state index contributed by atoms with van der Waals surface area (Å²) in [5, 5.41) is 8.41. The Bertz CT molecular complexity index is 1010. The van der Waals surface area contributed by atoms with Crippen LogP contribution in [0.1, 0.15) is 16.2 Å². The number of nitrogens with zero attached hydrogens (tertiary/aromatic N) is 2. The summed E-state index contributed by atoms with van der Waals surface area (Å²) in [6.45, 7) is 1.69. The first kappa shape index (κ1) is 18.7. The molecule has 0 radical (unpaired) electrons. The predicted molar refractivity (Wildman–Crippen MR) is 104 cm³/mol. The van der Waals surface area contributed by atoms with Crippen molar-refractivity contribution in [1.29, 1.82) is 0 Å². The van der Waals surface area contributed by atoms with Crippen molar-refractivity contribution in [3.8, 4) is 11.5 Å². The molecule has 27 heavy (non-hydrogen) atoms. The maximum Gasteiger partial charge on any atom is 0.268 e. The van der Waals surface area contributed by atoms with Crippen LogP contribution in [0.5, 0.6) is 11.5 Å². The van der Waals surface area contributed by atoms with Gasteiger partial charge >= 0.3 is 0 Å². The van der Waals surface area contributed by atoms with E-state index in [2.05, 4.69) is 15.6 Å². The van der Waals surface area contributed by atoms with Crippen LogP contribution in [0.4, 0.5) is 5.13 Å². The van der Waals surface area contributed by atoms with Crippen molar-refractivity contribution in [2.45, 2.75) is 6.92 Å². The summed E-state index contributed by atoms with van der Waals surface area (Å²) < 4.78 is 12.4. The summed E-state index contributed by atoms with van der Waals surface area (Å²) >= 11 is 1.34. The van der Waals surface area contributed by atoms with E-state index in [0.717, 1.165) is 16.6 Å². The molecule has 0 saturated carbocycles. The average Bonchev–Trinajstić information content (AvgIpc) is 3.22. The van der Waals surface area contributed by atoms with Crippen LogP contribution in [0.2, 0.25) is 0 Å². The number of aromatic nitrogens is 2. The zero-order chi connectivity index (χ0) is 19.6. The zero-order valence-corrected chi connectivity index (χ0v) is 16.3. The molecule has 9 heteroatoms. The van der Waals surface area contributed by atoms with Gasteiger partial charge in [0, 0.05) is 29.9 Å². The third kappa shape index (κ3) is 3.87. The van der Waals surface area contributed by atoms with Gasteiger partial charge in [-0.1, -0.05) is 0 Å². The van der Waals surface area contributed by atoms with Crippen LogP contribution in [-0.4, -0.2) is 42.1 Å². The molecule has 0 unspecified atom stereocenters. The molecule has 0 bridgehead atoms. The van der Waals surface area contributed by atoms with E-state index in [9.17, 15) is 9.59 Å². The number of methoxy groups -OCH3 is 2. The standard InChI is InChI=1S/C18H20N4O4S/c1-10-9-27-18(20-10)21-16(23)8-19-17(24)14-7-12-13(22(14)2)5-11(25-3)6-15(12)26-4/h5-7,9H,8H2,1-4H3,(H,19,24)(H,20,21,23). The molecular formula is C18H20N4O4S. The van der Waals surface area contributed by atoms with E-state index in [-0.39, 0.29) is 18.4 Å². The second-order valence-electron chi connectivity index (χ2n) is 5.88. The van der Waals surface area contributed by atoms with Gasteiger partial charge in [-0.3, -0.25) is 9.59 Å². The maximum atomic E-state index is 12.6. The highest BCUT2D eigenvalue weighted by atomic mass is 32.1. The predicted octanol–water partition coefficient (Wildman–Crippen LogP) is 2.33. The first-order valence-corrected chi connectivity index (χ1v) is 9.02. The molecule has 2 N–H and O–H groups in total. The van der Waals surface area contributed by atoms with E-state index in [1.54, 1.807) is 38.0 Å². The fourth-order valence-electron chi connectivity index (χ4n) is 2.70. The Morgan fingerprint density at radius 1 is 1.22 bits per heavy atom. The van der Waals surface area contributed by atoms with E-state index in [0.29, 0.717) is 22.3 Å². The number of nitrogens with one attached hydrogen (secondary N) is 2. The highest BCUT2D eigenvalue weighted by molar-refractivity contribution is 7.13. The third-order valence-electron chi connectivity index (χ3n) is 4.06. The number of carbonyl (C=O) groups excluding carboxylic acids is 2. The smallest absolute Gasteiger partial charge is 0.268 e. The van der Waals surface area contributed by atoms with Gasteiger partial charge in [0.2, 0.25) is 5.91 Å². The van der Waals surface area contributed by atoms with E-state index >= 15 is 0 Å². The lowest BCUT2D eigenvalue weighted by Gasteiger charge is -2.08. The molecule has 2 aromatic heterocycles. The maximum absolute atomic E-state index is 12.6. The van der Waals surface area contributed by atoms with Crippen molar-refractivity contribution < 1.29 is 19.1 Å². The largest absolute Gasteiger partial charge is 0.497 e. The lowest BCUT2D eigenvalue weighted by molar-refractivity contribution is -0.115. The molecular weight excluding hydrogens is 368 g/mol. The molecule has 1 aromatic carbocycles. The third-order valence-corrected chi connectivity index (χ3v) is 4.94. The summed E-state index contributed by atoms with van der Waals surface area (Å²) in [6.07, 6.45) is 0. The molecule has 8 nitrogen and oxygen atoms in total. The molecule has 142 valence electrons. The molecule has 3 aromatic rings. The Hall–Kier alpha value is -3.07. The van der Waals surface area contributed by atoms with E-state index in [4.69, 9.17) is 9.47 Å². The number of thiazole rings is 1. The first-order chi connectivity index (χ1) is 12.9. The lowest BCUT2D eigenvalue weighted by Crippen LogP contribution is -2.33. The second kappa shape index (κ2) is 7.67. The van der Waals surface area contributed by atoms with E-state index in [1.165, 1.54) is 11.3 Å². The number of anilines is 1. The first-order valence-electron chi connectivity index (χ1n) is 8.14. The summed E-state index contributed by atoms with van der Waals surface area (Å²) in [6, 6.07) is 5.31. The van der Waals surface area contributed by atoms with Gasteiger partial charge in [0.25, 0.3) is 5.91 Å². The number of benzene rings is 1. The number of aryl methyl sites for hydroxylation is 2. The Morgan fingerprint density at radius 3 is 2.63 bits per heavy atom. The molecule has 0 aliphatic carbocycles. The molecule has 0 aliphatic heterocycles. The highest BCUT2D eigenvalue weighted by Crippen LogP contribution is 2.33. The Kier molecular flexibility index (Phi) is 5.31. The van der Waals surface area contributed by atoms with Crippen molar-refractivity contribution in [2.24, 2.45) is 7.05 Å². The molecule has 3 rings (SSSR count). The normalized spacial score (nSPS) is 10.7. The lowest BCUT2D eigenvalue weighted by atomic mass is 10.2. The molecule has 0 fully saturated rings. The molecule has 2 amide bonds. The zero-order valence-electron chi connectivity index (χ0n) is 15.5. The van der Waals surface area contributed by atoms with E-state index < -0.39 is 0 Å². The van der Waals surface area contributed by atoms with Gasteiger partial charge in [-0.2, -0.15) is 0 Å². The summed E-state index contributed by atoms with van der Waals surface area (Å²) in [5.74, 6) is 0.539. The number of hydrogen-bond acceptors (Lipinski definition) is 6. The Morgan fingerprint density at radius 2 is 2.00 bits per heavy atom. The fourth-order valence-corrected chi connectivity index (χ4v) is 3.41. The van der Waals surface area contributed by atoms with Crippen LogP contribution in [0, 0.1) is 6.92 Å². The van der Waals surface area contributed by atoms with Gasteiger partial charge in [0.15, 0.2) is 5.13 Å². The monoisotopic (exact) mass is 388 g/mol. The van der Waals surface area contributed by atoms with Crippen LogP contribution in [-0.2, 0) is 11.8 Å². The number of amides is 2. The number of fused-ring (bicyclic) bond motifs is 1. The minimum Gasteiger partial charge on any atom is -0.497 e. The second-order valence-corrected chi connectivity index (χ2v) is 6.73. The fraction of sp³-hybridized carbons (Fsp3) is 0.278. The van der Waals surface area contributed by atoms with Crippen LogP contribution >= 0.6 is 11.3 Å². The average molecular weight is 388 g/mol. The molecule has 0 saturated heterocycles. The Balaban J connectivity index is 1.75. The molecule has 0 atom stereocenters. The number of carbonyl (C=O) groups is 2. The quantitative estimate of drug-likeness (QED) is 0.676. The van der Waals surface area contributed by atoms with Crippen LogP contribution in [0.25, 0.3) is 10.9 Å². The topological polar surface area (TPSA) is 94.5 Å². The molecule has 0 aliphatic rings. The van der Waals surface area contributed by atoms with Gasteiger partial charge in [-0.15, -0.1) is 11.3 Å². The van der Waals surface area contributed by atoms with Crippen molar-refractivity contribution >= 4 is 39.2 Å². The summed E-state index contributed by atoms with van der Waals surface area (Å²) in [7, 11) is 4.90. The van der Waals surface area contributed by atoms with Crippen molar-refractivity contribution in [1.82, 2.24) is 14.9 Å². The van der Waals surface area contributed by atoms with Gasteiger partial charge in [0.1, 0.15) is 17.2 Å². The van der Waals surface area contributed by atoms with Crippen LogP contribution in [0.3, 0.4) is 0 Å². The van der Waals surface area contributed by atoms with Gasteiger partial charge in [-0.05, 0) is 13.0 Å². The minimum absolute atomic E-state index is 0.153. The number of ether oxygens (including phenoxy) is 2. The SMILES string of the molecule is COc1cc(OC)c2cc(C(=O)NCC(=O)Nc3nc(C)cs3)n(C)c2c1. The van der Waals surface area contributed by atoms with Crippen molar-refractivity contribution in [3.05, 3.63) is 35.0 Å². The van der Waals surface area contributed by atoms with Crippen molar-refractivity contribution in [2.75, 3.05) is 26.1 Å². The Labute approximate surface area is 160 Å².